The number of ether oxygens (including phenoxy) is 1. The molecule has 0 aliphatic carbocycles. The number of fused-ring (bicyclic) bond motifs is 1. The Bertz CT molecular complexity index is 644. The van der Waals surface area contributed by atoms with E-state index in [1.165, 1.54) is 5.56 Å². The molecule has 1 atom stereocenters. The van der Waals surface area contributed by atoms with Crippen molar-refractivity contribution in [2.75, 3.05) is 13.7 Å². The number of nitrogens with one attached hydrogen (secondary N) is 1. The molecule has 0 spiro atoms. The van der Waals surface area contributed by atoms with Crippen LogP contribution in [-0.4, -0.2) is 13.7 Å². The van der Waals surface area contributed by atoms with Crippen LogP contribution in [0.25, 0.3) is 0 Å². The summed E-state index contributed by atoms with van der Waals surface area (Å²) in [5, 5.41) is 3.19. The molecule has 1 N–H and O–H groups in total. The second kappa shape index (κ2) is 5.54. The summed E-state index contributed by atoms with van der Waals surface area (Å²) in [7, 11) is 1.84. The van der Waals surface area contributed by atoms with Gasteiger partial charge in [-0.2, -0.15) is 0 Å². The zero-order valence-corrected chi connectivity index (χ0v) is 12.7. The summed E-state index contributed by atoms with van der Waals surface area (Å²) >= 11 is 3.24. The summed E-state index contributed by atoms with van der Waals surface area (Å²) in [5.74, 6) is 0.724. The van der Waals surface area contributed by atoms with E-state index in [1.54, 1.807) is 6.07 Å². The van der Waals surface area contributed by atoms with E-state index in [0.29, 0.717) is 10.0 Å². The van der Waals surface area contributed by atoms with E-state index in [2.05, 4.69) is 27.3 Å². The minimum Gasteiger partial charge on any atom is -0.493 e. The normalized spacial score (nSPS) is 14.8. The van der Waals surface area contributed by atoms with Crippen molar-refractivity contribution in [3.05, 3.63) is 63.4 Å². The molecule has 0 amide bonds. The standard InChI is InChI=1S/C16H15BrFNO/c1-19-16(12-3-2-4-13(17)15(12)18)11-5-6-14-10(9-11)7-8-20-14/h2-6,9,16,19H,7-8H2,1H3. The highest BCUT2D eigenvalue weighted by Gasteiger charge is 2.20. The Labute approximate surface area is 126 Å². The van der Waals surface area contributed by atoms with Crippen molar-refractivity contribution in [2.45, 2.75) is 12.5 Å². The van der Waals surface area contributed by atoms with Gasteiger partial charge in [-0.25, -0.2) is 4.39 Å². The fourth-order valence-electron chi connectivity index (χ4n) is 2.63. The molecule has 3 rings (SSSR count). The third-order valence-corrected chi connectivity index (χ3v) is 4.24. The van der Waals surface area contributed by atoms with Gasteiger partial charge in [0.2, 0.25) is 0 Å². The summed E-state index contributed by atoms with van der Waals surface area (Å²) < 4.78 is 20.3. The van der Waals surface area contributed by atoms with Gasteiger partial charge in [0.05, 0.1) is 17.1 Å². The van der Waals surface area contributed by atoms with Crippen LogP contribution in [-0.2, 0) is 6.42 Å². The highest BCUT2D eigenvalue weighted by molar-refractivity contribution is 9.10. The lowest BCUT2D eigenvalue weighted by atomic mass is 9.96. The average Bonchev–Trinajstić information content (AvgIpc) is 2.92. The van der Waals surface area contributed by atoms with Gasteiger partial charge in [0, 0.05) is 12.0 Å². The molecule has 1 aliphatic rings. The van der Waals surface area contributed by atoms with Gasteiger partial charge in [-0.1, -0.05) is 24.3 Å². The zero-order chi connectivity index (χ0) is 14.1. The molecule has 0 bridgehead atoms. The van der Waals surface area contributed by atoms with Gasteiger partial charge in [0.1, 0.15) is 11.6 Å². The molecule has 0 aromatic heterocycles. The fourth-order valence-corrected chi connectivity index (χ4v) is 3.01. The van der Waals surface area contributed by atoms with Gasteiger partial charge in [0.15, 0.2) is 0 Å². The summed E-state index contributed by atoms with van der Waals surface area (Å²) in [5.41, 5.74) is 2.88. The van der Waals surface area contributed by atoms with Crippen LogP contribution < -0.4 is 10.1 Å². The molecule has 2 nitrogen and oxygen atoms in total. The Balaban J connectivity index is 2.03. The Kier molecular flexibility index (Phi) is 3.76. The predicted molar refractivity (Wildman–Crippen MR) is 80.6 cm³/mol. The van der Waals surface area contributed by atoms with Crippen molar-refractivity contribution in [3.8, 4) is 5.75 Å². The van der Waals surface area contributed by atoms with Gasteiger partial charge in [0.25, 0.3) is 0 Å². The molecule has 104 valence electrons. The SMILES string of the molecule is CNC(c1ccc2c(c1)CCO2)c1cccc(Br)c1F. The van der Waals surface area contributed by atoms with E-state index in [4.69, 9.17) is 4.74 Å². The van der Waals surface area contributed by atoms with Crippen molar-refractivity contribution >= 4 is 15.9 Å². The average molecular weight is 336 g/mol. The predicted octanol–water partition coefficient (Wildman–Crippen LogP) is 3.83. The van der Waals surface area contributed by atoms with E-state index in [0.717, 1.165) is 24.3 Å². The van der Waals surface area contributed by atoms with Crippen molar-refractivity contribution in [2.24, 2.45) is 0 Å². The fraction of sp³-hybridized carbons (Fsp3) is 0.250. The molecule has 0 fully saturated rings. The summed E-state index contributed by atoms with van der Waals surface area (Å²) in [6.45, 7) is 0.730. The van der Waals surface area contributed by atoms with Gasteiger partial charge < -0.3 is 10.1 Å². The molecular formula is C16H15BrFNO. The van der Waals surface area contributed by atoms with Gasteiger partial charge in [-0.15, -0.1) is 0 Å². The third-order valence-electron chi connectivity index (χ3n) is 3.63. The molecule has 2 aromatic rings. The van der Waals surface area contributed by atoms with Crippen LogP contribution in [0.5, 0.6) is 5.75 Å². The number of rotatable bonds is 3. The quantitative estimate of drug-likeness (QED) is 0.920. The Morgan fingerprint density at radius 1 is 1.30 bits per heavy atom. The van der Waals surface area contributed by atoms with E-state index in [9.17, 15) is 4.39 Å². The van der Waals surface area contributed by atoms with Gasteiger partial charge in [-0.05, 0) is 46.2 Å². The first kappa shape index (κ1) is 13.6. The monoisotopic (exact) mass is 335 g/mol. The molecule has 20 heavy (non-hydrogen) atoms. The smallest absolute Gasteiger partial charge is 0.142 e. The summed E-state index contributed by atoms with van der Waals surface area (Å²) in [4.78, 5) is 0. The van der Waals surface area contributed by atoms with Crippen molar-refractivity contribution < 1.29 is 9.13 Å². The van der Waals surface area contributed by atoms with Crippen LogP contribution in [0.3, 0.4) is 0 Å². The summed E-state index contributed by atoms with van der Waals surface area (Å²) in [6.07, 6.45) is 0.917. The lowest BCUT2D eigenvalue weighted by Crippen LogP contribution is -2.19. The maximum absolute atomic E-state index is 14.3. The number of hydrogen-bond donors (Lipinski definition) is 1. The van der Waals surface area contributed by atoms with E-state index >= 15 is 0 Å². The lowest BCUT2D eigenvalue weighted by molar-refractivity contribution is 0.357. The maximum atomic E-state index is 14.3. The van der Waals surface area contributed by atoms with Crippen molar-refractivity contribution in [3.63, 3.8) is 0 Å². The van der Waals surface area contributed by atoms with Crippen LogP contribution in [0.15, 0.2) is 40.9 Å². The van der Waals surface area contributed by atoms with Crippen molar-refractivity contribution in [1.82, 2.24) is 5.32 Å². The zero-order valence-electron chi connectivity index (χ0n) is 11.1. The summed E-state index contributed by atoms with van der Waals surface area (Å²) in [6, 6.07) is 11.3. The molecule has 0 saturated heterocycles. The first-order chi connectivity index (χ1) is 9.70. The number of benzene rings is 2. The Morgan fingerprint density at radius 3 is 2.95 bits per heavy atom. The topological polar surface area (TPSA) is 21.3 Å². The second-order valence-corrected chi connectivity index (χ2v) is 5.68. The maximum Gasteiger partial charge on any atom is 0.142 e. The highest BCUT2D eigenvalue weighted by Crippen LogP contribution is 2.32. The lowest BCUT2D eigenvalue weighted by Gasteiger charge is -2.19. The highest BCUT2D eigenvalue weighted by atomic mass is 79.9. The van der Waals surface area contributed by atoms with Crippen LogP contribution >= 0.6 is 15.9 Å². The molecule has 1 aliphatic heterocycles. The van der Waals surface area contributed by atoms with Crippen LogP contribution in [0, 0.1) is 5.82 Å². The van der Waals surface area contributed by atoms with E-state index in [-0.39, 0.29) is 11.9 Å². The first-order valence-corrected chi connectivity index (χ1v) is 7.37. The van der Waals surface area contributed by atoms with Crippen LogP contribution in [0.2, 0.25) is 0 Å². The minimum atomic E-state index is -0.219. The van der Waals surface area contributed by atoms with Gasteiger partial charge >= 0.3 is 0 Å². The molecule has 2 aromatic carbocycles. The Hall–Kier alpha value is -1.39. The van der Waals surface area contributed by atoms with Crippen molar-refractivity contribution in [1.29, 1.82) is 0 Å². The van der Waals surface area contributed by atoms with E-state index in [1.807, 2.05) is 31.3 Å². The Morgan fingerprint density at radius 2 is 2.15 bits per heavy atom. The molecular weight excluding hydrogens is 321 g/mol. The van der Waals surface area contributed by atoms with Gasteiger partial charge in [-0.3, -0.25) is 0 Å². The number of hydrogen-bond acceptors (Lipinski definition) is 2. The third kappa shape index (κ3) is 2.34. The molecule has 1 unspecified atom stereocenters. The van der Waals surface area contributed by atoms with E-state index < -0.39 is 0 Å². The molecule has 1 heterocycles. The molecule has 0 saturated carbocycles. The first-order valence-electron chi connectivity index (χ1n) is 6.57. The molecule has 4 heteroatoms. The van der Waals surface area contributed by atoms with Crippen LogP contribution in [0.1, 0.15) is 22.7 Å². The van der Waals surface area contributed by atoms with Crippen LogP contribution in [0.4, 0.5) is 4.39 Å². The number of halogens is 2. The second-order valence-electron chi connectivity index (χ2n) is 4.83. The minimum absolute atomic E-state index is 0.168. The molecule has 0 radical (unpaired) electrons. The largest absolute Gasteiger partial charge is 0.493 e.